The molecule has 1 aromatic carbocycles. The number of hydrogen-bond donors (Lipinski definition) is 0. The minimum Gasteiger partial charge on any atom is -0.456 e. The van der Waals surface area contributed by atoms with Crippen molar-refractivity contribution in [3.05, 3.63) is 40.1 Å². The fourth-order valence-electron chi connectivity index (χ4n) is 3.30. The van der Waals surface area contributed by atoms with E-state index < -0.39 is 0 Å². The van der Waals surface area contributed by atoms with Gasteiger partial charge in [-0.2, -0.15) is 0 Å². The molecule has 1 amide bonds. The lowest BCUT2D eigenvalue weighted by Gasteiger charge is -2.16. The average Bonchev–Trinajstić information content (AvgIpc) is 2.80. The first-order valence-corrected chi connectivity index (χ1v) is 8.81. The summed E-state index contributed by atoms with van der Waals surface area (Å²) in [4.78, 5) is 16.3. The molecule has 0 spiro atoms. The standard InChI is InChI=1S/C19H23ClN2O2/c1-4-22(5-2)18(23)9-8-16-14-12-21(3)11-10-13-15(20)6-7-17(24-16)19(13)14/h6-9H,4-5,10-12H2,1-3H3/b9-8+. The zero-order valence-electron chi connectivity index (χ0n) is 14.4. The average molecular weight is 347 g/mol. The molecule has 4 nitrogen and oxygen atoms in total. The summed E-state index contributed by atoms with van der Waals surface area (Å²) in [5.74, 6) is 0.760. The van der Waals surface area contributed by atoms with Gasteiger partial charge in [0.25, 0.3) is 0 Å². The molecular weight excluding hydrogens is 324 g/mol. The summed E-state index contributed by atoms with van der Waals surface area (Å²) < 4.78 is 6.02. The van der Waals surface area contributed by atoms with Gasteiger partial charge in [-0.15, -0.1) is 0 Å². The van der Waals surface area contributed by atoms with Crippen LogP contribution in [0, 0.1) is 0 Å². The molecule has 5 heteroatoms. The summed E-state index contributed by atoms with van der Waals surface area (Å²) >= 11 is 6.41. The maximum atomic E-state index is 12.2. The van der Waals surface area contributed by atoms with Gasteiger partial charge in [0.1, 0.15) is 11.3 Å². The van der Waals surface area contributed by atoms with Gasteiger partial charge in [-0.05, 0) is 51.1 Å². The lowest BCUT2D eigenvalue weighted by atomic mass is 10.0. The largest absolute Gasteiger partial charge is 0.456 e. The fourth-order valence-corrected chi connectivity index (χ4v) is 3.55. The van der Waals surface area contributed by atoms with Crippen molar-refractivity contribution in [2.75, 3.05) is 26.7 Å². The summed E-state index contributed by atoms with van der Waals surface area (Å²) in [6.45, 7) is 7.11. The quantitative estimate of drug-likeness (QED) is 0.786. The molecule has 1 aliphatic rings. The van der Waals surface area contributed by atoms with Crippen LogP contribution in [0.25, 0.3) is 17.0 Å². The van der Waals surface area contributed by atoms with Gasteiger partial charge in [-0.3, -0.25) is 4.79 Å². The number of halogens is 1. The molecule has 2 aromatic rings. The van der Waals surface area contributed by atoms with E-state index in [2.05, 4.69) is 11.9 Å². The highest BCUT2D eigenvalue weighted by atomic mass is 35.5. The number of hydrogen-bond acceptors (Lipinski definition) is 3. The monoisotopic (exact) mass is 346 g/mol. The minimum absolute atomic E-state index is 0.00730. The highest BCUT2D eigenvalue weighted by Gasteiger charge is 2.22. The Bertz CT molecular complexity index is 790. The van der Waals surface area contributed by atoms with Crippen molar-refractivity contribution in [3.63, 3.8) is 0 Å². The zero-order chi connectivity index (χ0) is 17.3. The van der Waals surface area contributed by atoms with Gasteiger partial charge in [0, 0.05) is 48.2 Å². The SMILES string of the molecule is CCN(CC)C(=O)/C=C/c1oc2ccc(Cl)c3c2c1CN(C)CC3. The summed E-state index contributed by atoms with van der Waals surface area (Å²) in [6, 6.07) is 3.81. The van der Waals surface area contributed by atoms with E-state index in [0.717, 1.165) is 52.4 Å². The van der Waals surface area contributed by atoms with Crippen LogP contribution in [0.4, 0.5) is 0 Å². The Morgan fingerprint density at radius 3 is 2.79 bits per heavy atom. The molecule has 0 saturated carbocycles. The number of nitrogens with zero attached hydrogens (tertiary/aromatic N) is 2. The fraction of sp³-hybridized carbons (Fsp3) is 0.421. The molecule has 128 valence electrons. The molecule has 0 radical (unpaired) electrons. The minimum atomic E-state index is 0.00730. The summed E-state index contributed by atoms with van der Waals surface area (Å²) in [5.41, 5.74) is 3.10. The maximum absolute atomic E-state index is 12.2. The third kappa shape index (κ3) is 3.08. The molecule has 1 aromatic heterocycles. The van der Waals surface area contributed by atoms with E-state index in [9.17, 15) is 4.79 Å². The highest BCUT2D eigenvalue weighted by molar-refractivity contribution is 6.32. The molecule has 0 N–H and O–H groups in total. The van der Waals surface area contributed by atoms with Crippen molar-refractivity contribution < 1.29 is 9.21 Å². The lowest BCUT2D eigenvalue weighted by Crippen LogP contribution is -2.28. The lowest BCUT2D eigenvalue weighted by molar-refractivity contribution is -0.125. The number of furan rings is 1. The second kappa shape index (κ2) is 6.99. The van der Waals surface area contributed by atoms with Crippen molar-refractivity contribution >= 4 is 34.6 Å². The number of likely N-dealkylation sites (N-methyl/N-ethyl adjacent to an activating group) is 2. The van der Waals surface area contributed by atoms with Crippen LogP contribution in [-0.2, 0) is 17.8 Å². The van der Waals surface area contributed by atoms with Crippen molar-refractivity contribution in [3.8, 4) is 0 Å². The smallest absolute Gasteiger partial charge is 0.246 e. The molecule has 24 heavy (non-hydrogen) atoms. The van der Waals surface area contributed by atoms with E-state index in [4.69, 9.17) is 16.0 Å². The van der Waals surface area contributed by atoms with E-state index in [0.29, 0.717) is 13.1 Å². The predicted octanol–water partition coefficient (Wildman–Crippen LogP) is 3.96. The Balaban J connectivity index is 2.04. The van der Waals surface area contributed by atoms with Crippen molar-refractivity contribution in [2.45, 2.75) is 26.8 Å². The van der Waals surface area contributed by atoms with E-state index in [1.54, 1.807) is 17.1 Å². The molecule has 3 rings (SSSR count). The van der Waals surface area contributed by atoms with Crippen LogP contribution in [-0.4, -0.2) is 42.4 Å². The van der Waals surface area contributed by atoms with Gasteiger partial charge < -0.3 is 14.2 Å². The third-order valence-corrected chi connectivity index (χ3v) is 5.01. The first-order valence-electron chi connectivity index (χ1n) is 8.43. The van der Waals surface area contributed by atoms with Crippen LogP contribution in [0.5, 0.6) is 0 Å². The summed E-state index contributed by atoms with van der Waals surface area (Å²) in [5, 5.41) is 1.90. The molecule has 0 bridgehead atoms. The highest BCUT2D eigenvalue weighted by Crippen LogP contribution is 2.36. The Hall–Kier alpha value is -1.78. The van der Waals surface area contributed by atoms with Crippen LogP contribution in [0.2, 0.25) is 5.02 Å². The van der Waals surface area contributed by atoms with Crippen molar-refractivity contribution in [2.24, 2.45) is 0 Å². The molecule has 0 saturated heterocycles. The van der Waals surface area contributed by atoms with Gasteiger partial charge in [0.05, 0.1) is 0 Å². The van der Waals surface area contributed by atoms with Crippen LogP contribution >= 0.6 is 11.6 Å². The van der Waals surface area contributed by atoms with E-state index in [1.807, 2.05) is 26.0 Å². The molecule has 0 atom stereocenters. The maximum Gasteiger partial charge on any atom is 0.246 e. The first kappa shape index (κ1) is 17.1. The van der Waals surface area contributed by atoms with Crippen molar-refractivity contribution in [1.82, 2.24) is 9.80 Å². The second-order valence-electron chi connectivity index (χ2n) is 6.18. The van der Waals surface area contributed by atoms with Gasteiger partial charge >= 0.3 is 0 Å². The topological polar surface area (TPSA) is 36.7 Å². The van der Waals surface area contributed by atoms with Gasteiger partial charge in [0.2, 0.25) is 5.91 Å². The third-order valence-electron chi connectivity index (χ3n) is 4.66. The molecule has 0 aliphatic carbocycles. The predicted molar refractivity (Wildman–Crippen MR) is 98.2 cm³/mol. The Kier molecular flexibility index (Phi) is 4.97. The molecule has 2 heterocycles. The second-order valence-corrected chi connectivity index (χ2v) is 6.58. The van der Waals surface area contributed by atoms with E-state index in [-0.39, 0.29) is 5.91 Å². The Morgan fingerprint density at radius 2 is 2.08 bits per heavy atom. The number of benzene rings is 1. The van der Waals surface area contributed by atoms with Gasteiger partial charge in [0.15, 0.2) is 0 Å². The normalized spacial score (nSPS) is 15.2. The first-order chi connectivity index (χ1) is 11.5. The number of amides is 1. The van der Waals surface area contributed by atoms with Gasteiger partial charge in [-0.25, -0.2) is 0 Å². The van der Waals surface area contributed by atoms with E-state index >= 15 is 0 Å². The number of carbonyl (C=O) groups is 1. The molecule has 1 aliphatic heterocycles. The van der Waals surface area contributed by atoms with Crippen LogP contribution in [0.15, 0.2) is 22.6 Å². The van der Waals surface area contributed by atoms with Crippen LogP contribution < -0.4 is 0 Å². The Morgan fingerprint density at radius 1 is 1.33 bits per heavy atom. The van der Waals surface area contributed by atoms with Crippen LogP contribution in [0.1, 0.15) is 30.7 Å². The van der Waals surface area contributed by atoms with Crippen molar-refractivity contribution in [1.29, 1.82) is 0 Å². The summed E-state index contributed by atoms with van der Waals surface area (Å²) in [6.07, 6.45) is 4.31. The molecule has 0 fully saturated rings. The summed E-state index contributed by atoms with van der Waals surface area (Å²) in [7, 11) is 2.09. The van der Waals surface area contributed by atoms with E-state index in [1.165, 1.54) is 0 Å². The Labute approximate surface area is 147 Å². The molecular formula is C19H23ClN2O2. The van der Waals surface area contributed by atoms with Gasteiger partial charge in [-0.1, -0.05) is 11.6 Å². The van der Waals surface area contributed by atoms with Crippen LogP contribution in [0.3, 0.4) is 0 Å². The number of carbonyl (C=O) groups excluding carboxylic acids is 1. The number of rotatable bonds is 4. The zero-order valence-corrected chi connectivity index (χ0v) is 15.2. The molecule has 0 unspecified atom stereocenters.